The molecule has 1 heterocycles. The Balaban J connectivity index is 2.83. The van der Waals surface area contributed by atoms with E-state index < -0.39 is 0 Å². The second kappa shape index (κ2) is 5.14. The number of nitrogens with one attached hydrogen (secondary N) is 1. The molecule has 4 heteroatoms. The van der Waals surface area contributed by atoms with Crippen molar-refractivity contribution in [1.82, 2.24) is 10.2 Å². The van der Waals surface area contributed by atoms with Gasteiger partial charge in [-0.3, -0.25) is 4.79 Å². The number of carbonyl (C=O) groups excluding carboxylic acids is 1. The Morgan fingerprint density at radius 3 is 3.07 bits per heavy atom. The van der Waals surface area contributed by atoms with Crippen molar-refractivity contribution >= 4 is 12.1 Å². The zero-order valence-corrected chi connectivity index (χ0v) is 9.03. The van der Waals surface area contributed by atoms with Gasteiger partial charge in [-0.2, -0.15) is 0 Å². The summed E-state index contributed by atoms with van der Waals surface area (Å²) in [5.41, 5.74) is 0.530. The molecule has 4 nitrogen and oxygen atoms in total. The summed E-state index contributed by atoms with van der Waals surface area (Å²) in [6, 6.07) is 0. The Morgan fingerprint density at radius 1 is 1.73 bits per heavy atom. The highest BCUT2D eigenvalue weighted by atomic mass is 16.1. The fourth-order valence-electron chi connectivity index (χ4n) is 1.14. The van der Waals surface area contributed by atoms with Gasteiger partial charge >= 0.3 is 0 Å². The van der Waals surface area contributed by atoms with Gasteiger partial charge in [-0.25, -0.2) is 4.99 Å². The van der Waals surface area contributed by atoms with Crippen LogP contribution in [0, 0.1) is 0 Å². The maximum atomic E-state index is 11.5. The van der Waals surface area contributed by atoms with E-state index in [1.165, 1.54) is 6.21 Å². The zero-order valence-electron chi connectivity index (χ0n) is 9.03. The van der Waals surface area contributed by atoms with E-state index in [0.29, 0.717) is 17.9 Å². The van der Waals surface area contributed by atoms with Crippen LogP contribution in [0.1, 0.15) is 13.8 Å². The van der Waals surface area contributed by atoms with Crippen molar-refractivity contribution in [2.75, 3.05) is 6.54 Å². The van der Waals surface area contributed by atoms with Crippen LogP contribution in [-0.4, -0.2) is 23.6 Å². The van der Waals surface area contributed by atoms with Crippen molar-refractivity contribution < 1.29 is 4.79 Å². The number of hydrogen-bond donors (Lipinski definition) is 1. The summed E-state index contributed by atoms with van der Waals surface area (Å²) in [4.78, 5) is 17.3. The van der Waals surface area contributed by atoms with Gasteiger partial charge in [0.25, 0.3) is 5.91 Å². The minimum Gasteiger partial charge on any atom is -0.352 e. The quantitative estimate of drug-likeness (QED) is 0.756. The molecule has 0 atom stereocenters. The van der Waals surface area contributed by atoms with Crippen LogP contribution in [0.2, 0.25) is 0 Å². The normalized spacial score (nSPS) is 15.7. The third kappa shape index (κ3) is 2.80. The SMILES string of the molecule is C=C1N=CC(C(=O)NCC)=CN1/C=C\C. The van der Waals surface area contributed by atoms with E-state index in [1.54, 1.807) is 17.3 Å². The van der Waals surface area contributed by atoms with Crippen LogP contribution in [0.5, 0.6) is 0 Å². The molecule has 0 bridgehead atoms. The van der Waals surface area contributed by atoms with Gasteiger partial charge in [0.05, 0.1) is 5.57 Å². The molecule has 0 saturated carbocycles. The average molecular weight is 205 g/mol. The molecule has 0 aliphatic carbocycles. The number of likely N-dealkylation sites (N-methyl/N-ethyl adjacent to an activating group) is 1. The minimum absolute atomic E-state index is 0.122. The van der Waals surface area contributed by atoms with Gasteiger partial charge in [0.2, 0.25) is 0 Å². The van der Waals surface area contributed by atoms with E-state index in [4.69, 9.17) is 0 Å². The first-order valence-electron chi connectivity index (χ1n) is 4.83. The third-order valence-corrected chi connectivity index (χ3v) is 1.84. The van der Waals surface area contributed by atoms with Gasteiger partial charge in [-0.1, -0.05) is 12.7 Å². The molecule has 1 aliphatic rings. The smallest absolute Gasteiger partial charge is 0.254 e. The highest BCUT2D eigenvalue weighted by Crippen LogP contribution is 2.12. The van der Waals surface area contributed by atoms with Gasteiger partial charge in [-0.05, 0) is 13.8 Å². The van der Waals surface area contributed by atoms with E-state index in [2.05, 4.69) is 16.9 Å². The molecule has 0 saturated heterocycles. The van der Waals surface area contributed by atoms with Crippen molar-refractivity contribution in [3.63, 3.8) is 0 Å². The number of hydrogen-bond acceptors (Lipinski definition) is 3. The maximum Gasteiger partial charge on any atom is 0.254 e. The Labute approximate surface area is 89.7 Å². The van der Waals surface area contributed by atoms with Crippen LogP contribution >= 0.6 is 0 Å². The number of nitrogens with zero attached hydrogens (tertiary/aromatic N) is 2. The molecule has 1 rings (SSSR count). The van der Waals surface area contributed by atoms with E-state index in [-0.39, 0.29) is 5.91 Å². The zero-order chi connectivity index (χ0) is 11.3. The summed E-state index contributed by atoms with van der Waals surface area (Å²) < 4.78 is 0. The van der Waals surface area contributed by atoms with Crippen LogP contribution < -0.4 is 5.32 Å². The van der Waals surface area contributed by atoms with Crippen molar-refractivity contribution in [2.45, 2.75) is 13.8 Å². The average Bonchev–Trinajstić information content (AvgIpc) is 2.22. The first kappa shape index (κ1) is 11.2. The van der Waals surface area contributed by atoms with Crippen LogP contribution in [0.4, 0.5) is 0 Å². The molecule has 1 amide bonds. The standard InChI is InChI=1S/C11H15N3O/c1-4-6-14-8-10(7-13-9(14)3)11(15)12-5-2/h4,6-8H,3,5H2,1-2H3,(H,12,15)/b6-4-. The molecule has 1 N–H and O–H groups in total. The molecule has 0 aromatic heterocycles. The third-order valence-electron chi connectivity index (χ3n) is 1.84. The summed E-state index contributed by atoms with van der Waals surface area (Å²) in [5.74, 6) is 0.476. The molecule has 0 unspecified atom stereocenters. The van der Waals surface area contributed by atoms with Gasteiger partial charge in [0, 0.05) is 25.2 Å². The van der Waals surface area contributed by atoms with Gasteiger partial charge < -0.3 is 10.2 Å². The summed E-state index contributed by atoms with van der Waals surface area (Å²) in [5, 5.41) is 2.71. The summed E-state index contributed by atoms with van der Waals surface area (Å²) in [6.45, 7) is 8.13. The van der Waals surface area contributed by atoms with E-state index in [0.717, 1.165) is 0 Å². The van der Waals surface area contributed by atoms with E-state index >= 15 is 0 Å². The molecule has 80 valence electrons. The Morgan fingerprint density at radius 2 is 2.47 bits per heavy atom. The Hall–Kier alpha value is -1.84. The molecular formula is C11H15N3O. The van der Waals surface area contributed by atoms with Gasteiger partial charge in [0.1, 0.15) is 5.82 Å². The number of amides is 1. The van der Waals surface area contributed by atoms with Crippen LogP contribution in [0.15, 0.2) is 41.4 Å². The van der Waals surface area contributed by atoms with Crippen LogP contribution in [-0.2, 0) is 4.79 Å². The number of allylic oxidation sites excluding steroid dienone is 1. The predicted molar refractivity (Wildman–Crippen MR) is 61.1 cm³/mol. The molecule has 0 aromatic carbocycles. The van der Waals surface area contributed by atoms with Crippen molar-refractivity contribution in [3.8, 4) is 0 Å². The van der Waals surface area contributed by atoms with Gasteiger partial charge in [0.15, 0.2) is 0 Å². The predicted octanol–water partition coefficient (Wildman–Crippen LogP) is 1.40. The molecular weight excluding hydrogens is 190 g/mol. The lowest BCUT2D eigenvalue weighted by atomic mass is 10.2. The van der Waals surface area contributed by atoms with Gasteiger partial charge in [-0.15, -0.1) is 0 Å². The summed E-state index contributed by atoms with van der Waals surface area (Å²) in [6.07, 6.45) is 6.89. The summed E-state index contributed by atoms with van der Waals surface area (Å²) in [7, 11) is 0. The molecule has 0 radical (unpaired) electrons. The second-order valence-electron chi connectivity index (χ2n) is 3.01. The fraction of sp³-hybridized carbons (Fsp3) is 0.273. The maximum absolute atomic E-state index is 11.5. The lowest BCUT2D eigenvalue weighted by Crippen LogP contribution is -2.28. The number of rotatable bonds is 3. The topological polar surface area (TPSA) is 44.7 Å². The largest absolute Gasteiger partial charge is 0.352 e. The highest BCUT2D eigenvalue weighted by Gasteiger charge is 2.12. The van der Waals surface area contributed by atoms with E-state index in [1.807, 2.05) is 19.9 Å². The Kier molecular flexibility index (Phi) is 3.85. The van der Waals surface area contributed by atoms with Crippen molar-refractivity contribution in [2.24, 2.45) is 4.99 Å². The number of carbonyl (C=O) groups is 1. The number of aliphatic imine (C=N–C) groups is 1. The van der Waals surface area contributed by atoms with Crippen LogP contribution in [0.3, 0.4) is 0 Å². The molecule has 0 fully saturated rings. The lowest BCUT2D eigenvalue weighted by Gasteiger charge is -2.19. The highest BCUT2D eigenvalue weighted by molar-refractivity contribution is 6.12. The first-order valence-corrected chi connectivity index (χ1v) is 4.83. The molecule has 0 aromatic rings. The monoisotopic (exact) mass is 205 g/mol. The second-order valence-corrected chi connectivity index (χ2v) is 3.01. The van der Waals surface area contributed by atoms with Crippen molar-refractivity contribution in [1.29, 1.82) is 0 Å². The minimum atomic E-state index is -0.122. The molecule has 0 spiro atoms. The Bertz CT molecular complexity index is 353. The molecule has 1 aliphatic heterocycles. The first-order chi connectivity index (χ1) is 7.19. The van der Waals surface area contributed by atoms with E-state index in [9.17, 15) is 4.79 Å². The fourth-order valence-corrected chi connectivity index (χ4v) is 1.14. The summed E-state index contributed by atoms with van der Waals surface area (Å²) >= 11 is 0. The lowest BCUT2D eigenvalue weighted by molar-refractivity contribution is -0.116. The molecule has 15 heavy (non-hydrogen) atoms. The van der Waals surface area contributed by atoms with Crippen LogP contribution in [0.25, 0.3) is 0 Å². The van der Waals surface area contributed by atoms with Crippen molar-refractivity contribution in [3.05, 3.63) is 36.4 Å².